The number of ether oxygens (including phenoxy) is 1. The Morgan fingerprint density at radius 3 is 3.21 bits per heavy atom. The fourth-order valence-electron chi connectivity index (χ4n) is 1.58. The van der Waals surface area contributed by atoms with Gasteiger partial charge < -0.3 is 4.74 Å². The van der Waals surface area contributed by atoms with Crippen LogP contribution in [0.25, 0.3) is 0 Å². The number of aryl methyl sites for hydroxylation is 1. The first kappa shape index (κ1) is 9.33. The van der Waals surface area contributed by atoms with Gasteiger partial charge >= 0.3 is 0 Å². The van der Waals surface area contributed by atoms with Crippen molar-refractivity contribution in [1.29, 1.82) is 0 Å². The standard InChI is InChI=1S/C9H13N3O2/c1-12-10-5-8(11-12)9(13)4-7-2-3-14-6-7/h5,7H,2-4,6H2,1H3. The van der Waals surface area contributed by atoms with Crippen LogP contribution < -0.4 is 0 Å². The third-order valence-corrected chi connectivity index (χ3v) is 2.38. The maximum atomic E-state index is 11.6. The molecule has 5 nitrogen and oxygen atoms in total. The summed E-state index contributed by atoms with van der Waals surface area (Å²) in [6.07, 6.45) is 3.02. The Morgan fingerprint density at radius 2 is 2.64 bits per heavy atom. The van der Waals surface area contributed by atoms with Gasteiger partial charge in [0.15, 0.2) is 5.78 Å². The van der Waals surface area contributed by atoms with Crippen molar-refractivity contribution in [3.63, 3.8) is 0 Å². The van der Waals surface area contributed by atoms with Gasteiger partial charge in [0, 0.05) is 26.7 Å². The Labute approximate surface area is 82.1 Å². The van der Waals surface area contributed by atoms with Crippen LogP contribution in [-0.4, -0.2) is 34.0 Å². The van der Waals surface area contributed by atoms with Crippen LogP contribution in [0.2, 0.25) is 0 Å². The summed E-state index contributed by atoms with van der Waals surface area (Å²) in [6, 6.07) is 0. The van der Waals surface area contributed by atoms with Crippen LogP contribution in [0.4, 0.5) is 0 Å². The molecule has 0 amide bonds. The Morgan fingerprint density at radius 1 is 1.79 bits per heavy atom. The van der Waals surface area contributed by atoms with E-state index in [1.165, 1.54) is 11.0 Å². The van der Waals surface area contributed by atoms with Gasteiger partial charge in [-0.1, -0.05) is 0 Å². The molecule has 0 aliphatic carbocycles. The molecule has 1 aromatic heterocycles. The lowest BCUT2D eigenvalue weighted by Gasteiger charge is -2.03. The first-order valence-electron chi connectivity index (χ1n) is 4.73. The summed E-state index contributed by atoms with van der Waals surface area (Å²) in [6.45, 7) is 1.48. The monoisotopic (exact) mass is 195 g/mol. The number of nitrogens with zero attached hydrogens (tertiary/aromatic N) is 3. The fourth-order valence-corrected chi connectivity index (χ4v) is 1.58. The van der Waals surface area contributed by atoms with E-state index in [2.05, 4.69) is 10.2 Å². The van der Waals surface area contributed by atoms with Crippen LogP contribution in [0, 0.1) is 5.92 Å². The Bertz CT molecular complexity index is 329. The summed E-state index contributed by atoms with van der Waals surface area (Å²) in [5, 5.41) is 7.83. The summed E-state index contributed by atoms with van der Waals surface area (Å²) in [4.78, 5) is 13.0. The predicted molar refractivity (Wildman–Crippen MR) is 48.9 cm³/mol. The summed E-state index contributed by atoms with van der Waals surface area (Å²) in [5.74, 6) is 0.429. The average Bonchev–Trinajstić information content (AvgIpc) is 2.75. The van der Waals surface area contributed by atoms with Gasteiger partial charge in [0.1, 0.15) is 5.69 Å². The van der Waals surface area contributed by atoms with Gasteiger partial charge in [-0.2, -0.15) is 15.0 Å². The minimum absolute atomic E-state index is 0.0635. The van der Waals surface area contributed by atoms with Gasteiger partial charge in [-0.15, -0.1) is 0 Å². The van der Waals surface area contributed by atoms with E-state index in [0.717, 1.165) is 13.0 Å². The smallest absolute Gasteiger partial charge is 0.185 e. The van der Waals surface area contributed by atoms with E-state index in [-0.39, 0.29) is 5.78 Å². The molecule has 0 saturated carbocycles. The molecule has 0 spiro atoms. The summed E-state index contributed by atoms with van der Waals surface area (Å²) >= 11 is 0. The number of ketones is 1. The largest absolute Gasteiger partial charge is 0.381 e. The zero-order valence-corrected chi connectivity index (χ0v) is 8.14. The molecule has 1 aromatic rings. The Hall–Kier alpha value is -1.23. The second kappa shape index (κ2) is 3.88. The van der Waals surface area contributed by atoms with Crippen molar-refractivity contribution in [3.05, 3.63) is 11.9 Å². The molecule has 0 aromatic carbocycles. The number of hydrogen-bond donors (Lipinski definition) is 0. The number of aromatic nitrogens is 3. The Balaban J connectivity index is 1.95. The van der Waals surface area contributed by atoms with Crippen molar-refractivity contribution in [2.24, 2.45) is 13.0 Å². The van der Waals surface area contributed by atoms with Crippen LogP contribution in [0.5, 0.6) is 0 Å². The highest BCUT2D eigenvalue weighted by Gasteiger charge is 2.21. The lowest BCUT2D eigenvalue weighted by molar-refractivity contribution is 0.0947. The van der Waals surface area contributed by atoms with E-state index >= 15 is 0 Å². The summed E-state index contributed by atoms with van der Waals surface area (Å²) in [5.41, 5.74) is 0.458. The minimum Gasteiger partial charge on any atom is -0.381 e. The highest BCUT2D eigenvalue weighted by atomic mass is 16.5. The molecule has 5 heteroatoms. The molecule has 1 atom stereocenters. The number of carbonyl (C=O) groups excluding carboxylic acids is 1. The van der Waals surface area contributed by atoms with Crippen molar-refractivity contribution in [1.82, 2.24) is 15.0 Å². The highest BCUT2D eigenvalue weighted by molar-refractivity contribution is 5.93. The van der Waals surface area contributed by atoms with Crippen molar-refractivity contribution in [2.75, 3.05) is 13.2 Å². The maximum Gasteiger partial charge on any atom is 0.185 e. The van der Waals surface area contributed by atoms with Crippen LogP contribution in [-0.2, 0) is 11.8 Å². The first-order valence-corrected chi connectivity index (χ1v) is 4.73. The summed E-state index contributed by atoms with van der Waals surface area (Å²) < 4.78 is 5.21. The van der Waals surface area contributed by atoms with E-state index < -0.39 is 0 Å². The fraction of sp³-hybridized carbons (Fsp3) is 0.667. The molecule has 1 aliphatic rings. The van der Waals surface area contributed by atoms with Gasteiger partial charge in [-0.05, 0) is 12.3 Å². The van der Waals surface area contributed by atoms with Crippen molar-refractivity contribution in [2.45, 2.75) is 12.8 Å². The zero-order valence-electron chi connectivity index (χ0n) is 8.14. The molecule has 2 rings (SSSR count). The van der Waals surface area contributed by atoms with Crippen molar-refractivity contribution < 1.29 is 9.53 Å². The van der Waals surface area contributed by atoms with Crippen LogP contribution in [0.1, 0.15) is 23.3 Å². The minimum atomic E-state index is 0.0635. The van der Waals surface area contributed by atoms with Crippen molar-refractivity contribution in [3.8, 4) is 0 Å². The van der Waals surface area contributed by atoms with E-state index in [9.17, 15) is 4.79 Å². The molecule has 2 heterocycles. The van der Waals surface area contributed by atoms with Gasteiger partial charge in [0.05, 0.1) is 6.20 Å². The van der Waals surface area contributed by atoms with Crippen LogP contribution in [0.15, 0.2) is 6.20 Å². The normalized spacial score (nSPS) is 21.4. The van der Waals surface area contributed by atoms with E-state index in [1.54, 1.807) is 7.05 Å². The molecule has 0 bridgehead atoms. The third kappa shape index (κ3) is 1.98. The number of carbonyl (C=O) groups is 1. The number of Topliss-reactive ketones (excluding diaryl/α,β-unsaturated/α-hetero) is 1. The first-order chi connectivity index (χ1) is 6.75. The molecule has 1 saturated heterocycles. The van der Waals surface area contributed by atoms with Gasteiger partial charge in [0.2, 0.25) is 0 Å². The topological polar surface area (TPSA) is 57.0 Å². The average molecular weight is 195 g/mol. The molecule has 1 aliphatic heterocycles. The zero-order chi connectivity index (χ0) is 9.97. The second-order valence-electron chi connectivity index (χ2n) is 3.58. The van der Waals surface area contributed by atoms with Crippen LogP contribution in [0.3, 0.4) is 0 Å². The lowest BCUT2D eigenvalue weighted by atomic mass is 10.0. The predicted octanol–water partition coefficient (Wildman–Crippen LogP) is 0.424. The molecule has 0 radical (unpaired) electrons. The van der Waals surface area contributed by atoms with E-state index in [0.29, 0.717) is 24.6 Å². The third-order valence-electron chi connectivity index (χ3n) is 2.38. The molecule has 1 fully saturated rings. The SMILES string of the molecule is Cn1ncc(C(=O)CC2CCOC2)n1. The van der Waals surface area contributed by atoms with E-state index in [1.807, 2.05) is 0 Å². The molecule has 0 N–H and O–H groups in total. The maximum absolute atomic E-state index is 11.6. The molecular weight excluding hydrogens is 182 g/mol. The molecule has 1 unspecified atom stereocenters. The summed E-state index contributed by atoms with van der Waals surface area (Å²) in [7, 11) is 1.70. The number of rotatable bonds is 3. The van der Waals surface area contributed by atoms with Crippen molar-refractivity contribution >= 4 is 5.78 Å². The van der Waals surface area contributed by atoms with Gasteiger partial charge in [-0.25, -0.2) is 0 Å². The van der Waals surface area contributed by atoms with Gasteiger partial charge in [-0.3, -0.25) is 4.79 Å². The van der Waals surface area contributed by atoms with Gasteiger partial charge in [0.25, 0.3) is 0 Å². The lowest BCUT2D eigenvalue weighted by Crippen LogP contribution is -2.09. The quantitative estimate of drug-likeness (QED) is 0.656. The molecule has 14 heavy (non-hydrogen) atoms. The van der Waals surface area contributed by atoms with Crippen LogP contribution >= 0.6 is 0 Å². The van der Waals surface area contributed by atoms with E-state index in [4.69, 9.17) is 4.74 Å². The second-order valence-corrected chi connectivity index (χ2v) is 3.58. The number of hydrogen-bond acceptors (Lipinski definition) is 4. The highest BCUT2D eigenvalue weighted by Crippen LogP contribution is 2.17. The molecule has 76 valence electrons. The molecular formula is C9H13N3O2. The Kier molecular flexibility index (Phi) is 2.58.